The van der Waals surface area contributed by atoms with Gasteiger partial charge in [0.1, 0.15) is 48.8 Å². The van der Waals surface area contributed by atoms with Crippen molar-refractivity contribution in [1.29, 1.82) is 0 Å². The van der Waals surface area contributed by atoms with Gasteiger partial charge in [-0.15, -0.1) is 0 Å². The van der Waals surface area contributed by atoms with Crippen LogP contribution in [0.25, 0.3) is 0 Å². The molecule has 13 nitrogen and oxygen atoms in total. The largest absolute Gasteiger partial charge is 0.547 e. The number of aliphatic hydroxyl groups excluding tert-OH is 6. The lowest BCUT2D eigenvalue weighted by Gasteiger charge is -2.46. The fraction of sp³-hybridized carbons (Fsp3) is 0.833. The Hall–Kier alpha value is -1.42. The highest BCUT2D eigenvalue weighted by atomic mass is 16.7. The summed E-state index contributed by atoms with van der Waals surface area (Å²) in [5, 5.41) is 79.6. The molecule has 0 aromatic heterocycles. The molecule has 25 heavy (non-hydrogen) atoms. The van der Waals surface area contributed by atoms with Crippen LogP contribution in [0.2, 0.25) is 0 Å². The van der Waals surface area contributed by atoms with E-state index in [9.17, 15) is 50.4 Å². The highest BCUT2D eigenvalue weighted by molar-refractivity contribution is 5.71. The van der Waals surface area contributed by atoms with E-state index in [0.29, 0.717) is 0 Å². The van der Waals surface area contributed by atoms with Crippen LogP contribution in [0.4, 0.5) is 0 Å². The van der Waals surface area contributed by atoms with Gasteiger partial charge >= 0.3 is 0 Å². The number of rotatable bonds is 4. The Morgan fingerprint density at radius 3 is 1.80 bits per heavy atom. The first-order valence-corrected chi connectivity index (χ1v) is 7.02. The predicted octanol–water partition coefficient (Wildman–Crippen LogP) is -7.88. The van der Waals surface area contributed by atoms with Gasteiger partial charge in [0.25, 0.3) is 0 Å². The first-order chi connectivity index (χ1) is 11.6. The summed E-state index contributed by atoms with van der Waals surface area (Å²) < 4.78 is 14.2. The van der Waals surface area contributed by atoms with Crippen molar-refractivity contribution in [3.63, 3.8) is 0 Å². The van der Waals surface area contributed by atoms with E-state index >= 15 is 0 Å². The number of ether oxygens (including phenoxy) is 3. The molecule has 0 amide bonds. The minimum absolute atomic E-state index is 1.96. The molecular weight excluding hydrogens is 352 g/mol. The topological polar surface area (TPSA) is 229 Å². The molecule has 144 valence electrons. The van der Waals surface area contributed by atoms with Gasteiger partial charge in [0.05, 0.1) is 11.9 Å². The molecule has 0 bridgehead atoms. The number of hydrogen-bond acceptors (Lipinski definition) is 13. The Labute approximate surface area is 139 Å². The standard InChI is InChI=1S/C12H18O13/c13-1-2(14)7(9(18)19)25-12(5(1)17)24-6-3(15)4(16)11(22)23-8(6)10(20)21/h1-8,11-17,22H,(H,18,19)(H,20,21)/p-2/t1-,2+,3+,4+,5+,6+,7-,8-,11-,12-/m0/s1. The Morgan fingerprint density at radius 2 is 1.28 bits per heavy atom. The first kappa shape index (κ1) is 19.9. The van der Waals surface area contributed by atoms with Crippen molar-refractivity contribution < 1.29 is 64.7 Å². The van der Waals surface area contributed by atoms with Crippen molar-refractivity contribution in [1.82, 2.24) is 0 Å². The molecular formula is C12H16O13-2. The molecule has 0 aromatic carbocycles. The maximum atomic E-state index is 11.1. The summed E-state index contributed by atoms with van der Waals surface area (Å²) in [6.07, 6.45) is -20.6. The zero-order valence-electron chi connectivity index (χ0n) is 12.3. The minimum Gasteiger partial charge on any atom is -0.547 e. The van der Waals surface area contributed by atoms with Gasteiger partial charge in [-0.2, -0.15) is 0 Å². The van der Waals surface area contributed by atoms with Crippen molar-refractivity contribution in [3.8, 4) is 0 Å². The third kappa shape index (κ3) is 3.74. The molecule has 2 heterocycles. The monoisotopic (exact) mass is 368 g/mol. The molecule has 13 heteroatoms. The van der Waals surface area contributed by atoms with Crippen LogP contribution in [0, 0.1) is 0 Å². The number of aliphatic hydroxyl groups is 6. The lowest BCUT2D eigenvalue weighted by atomic mass is 9.96. The van der Waals surface area contributed by atoms with Crippen LogP contribution in [0.1, 0.15) is 0 Å². The summed E-state index contributed by atoms with van der Waals surface area (Å²) in [5.74, 6) is -3.92. The molecule has 0 aliphatic carbocycles. The van der Waals surface area contributed by atoms with Gasteiger partial charge in [-0.05, 0) is 0 Å². The zero-order chi connectivity index (χ0) is 19.0. The van der Waals surface area contributed by atoms with Gasteiger partial charge < -0.3 is 64.7 Å². The van der Waals surface area contributed by atoms with Crippen molar-refractivity contribution in [2.75, 3.05) is 0 Å². The molecule has 10 atom stereocenters. The van der Waals surface area contributed by atoms with Crippen LogP contribution in [-0.2, 0) is 23.8 Å². The van der Waals surface area contributed by atoms with Gasteiger partial charge in [0.15, 0.2) is 12.6 Å². The minimum atomic E-state index is -2.14. The van der Waals surface area contributed by atoms with E-state index in [1.165, 1.54) is 0 Å². The highest BCUT2D eigenvalue weighted by Gasteiger charge is 2.50. The molecule has 0 spiro atoms. The Bertz CT molecular complexity index is 511. The lowest BCUT2D eigenvalue weighted by Crippen LogP contribution is -2.67. The fourth-order valence-electron chi connectivity index (χ4n) is 2.50. The van der Waals surface area contributed by atoms with E-state index in [4.69, 9.17) is 9.47 Å². The molecule has 6 N–H and O–H groups in total. The Morgan fingerprint density at radius 1 is 0.720 bits per heavy atom. The van der Waals surface area contributed by atoms with E-state index in [1.807, 2.05) is 0 Å². The molecule has 0 radical (unpaired) electrons. The summed E-state index contributed by atoms with van der Waals surface area (Å²) in [5.41, 5.74) is 0. The van der Waals surface area contributed by atoms with E-state index < -0.39 is 73.4 Å². The van der Waals surface area contributed by atoms with Gasteiger partial charge in [-0.25, -0.2) is 0 Å². The van der Waals surface area contributed by atoms with Crippen molar-refractivity contribution in [2.45, 2.75) is 61.4 Å². The number of carbonyl (C=O) groups excluding carboxylic acids is 2. The third-order valence-electron chi connectivity index (χ3n) is 3.89. The molecule has 0 unspecified atom stereocenters. The number of aliphatic carboxylic acids is 2. The van der Waals surface area contributed by atoms with Gasteiger partial charge in [-0.3, -0.25) is 0 Å². The van der Waals surface area contributed by atoms with Crippen LogP contribution >= 0.6 is 0 Å². The highest BCUT2D eigenvalue weighted by Crippen LogP contribution is 2.28. The van der Waals surface area contributed by atoms with E-state index in [1.54, 1.807) is 0 Å². The maximum Gasteiger partial charge on any atom is 0.187 e. The summed E-state index contributed by atoms with van der Waals surface area (Å²) in [6, 6.07) is 0. The molecule has 2 aliphatic heterocycles. The molecule has 2 rings (SSSR count). The van der Waals surface area contributed by atoms with Crippen molar-refractivity contribution in [3.05, 3.63) is 0 Å². The second-order valence-corrected chi connectivity index (χ2v) is 5.56. The second kappa shape index (κ2) is 7.45. The van der Waals surface area contributed by atoms with Crippen LogP contribution in [0.15, 0.2) is 0 Å². The van der Waals surface area contributed by atoms with E-state index in [2.05, 4.69) is 4.74 Å². The number of carboxylic acid groups (broad SMARTS) is 2. The van der Waals surface area contributed by atoms with E-state index in [-0.39, 0.29) is 0 Å². The first-order valence-electron chi connectivity index (χ1n) is 7.02. The Kier molecular flexibility index (Phi) is 5.93. The van der Waals surface area contributed by atoms with Crippen LogP contribution in [-0.4, -0.2) is 104 Å². The normalized spacial score (nSPS) is 48.1. The molecule has 2 aliphatic rings. The number of carboxylic acids is 2. The van der Waals surface area contributed by atoms with Crippen LogP contribution in [0.3, 0.4) is 0 Å². The Balaban J connectivity index is 2.22. The quantitative estimate of drug-likeness (QED) is 0.271. The summed E-state index contributed by atoms with van der Waals surface area (Å²) in [7, 11) is 0. The summed E-state index contributed by atoms with van der Waals surface area (Å²) in [4.78, 5) is 21.9. The molecule has 0 saturated carbocycles. The van der Waals surface area contributed by atoms with Gasteiger partial charge in [-0.1, -0.05) is 0 Å². The summed E-state index contributed by atoms with van der Waals surface area (Å²) in [6.45, 7) is 0. The fourth-order valence-corrected chi connectivity index (χ4v) is 2.50. The number of carbonyl (C=O) groups is 2. The zero-order valence-corrected chi connectivity index (χ0v) is 12.3. The predicted molar refractivity (Wildman–Crippen MR) is 64.5 cm³/mol. The third-order valence-corrected chi connectivity index (χ3v) is 3.89. The average Bonchev–Trinajstić information content (AvgIpc) is 2.54. The molecule has 2 fully saturated rings. The smallest absolute Gasteiger partial charge is 0.187 e. The number of hydrogen-bond donors (Lipinski definition) is 6. The van der Waals surface area contributed by atoms with Gasteiger partial charge in [0.2, 0.25) is 0 Å². The average molecular weight is 368 g/mol. The van der Waals surface area contributed by atoms with Crippen molar-refractivity contribution in [2.24, 2.45) is 0 Å². The molecule has 2 saturated heterocycles. The molecule has 0 aromatic rings. The van der Waals surface area contributed by atoms with Crippen LogP contribution < -0.4 is 10.2 Å². The van der Waals surface area contributed by atoms with Crippen molar-refractivity contribution >= 4 is 11.9 Å². The van der Waals surface area contributed by atoms with Crippen LogP contribution in [0.5, 0.6) is 0 Å². The van der Waals surface area contributed by atoms with E-state index in [0.717, 1.165) is 0 Å². The SMILES string of the molecule is O=C([O-])[C@H]1O[C@H](O[C@@H]2[C@H](O)[C@@H](O)[C@@H](O)O[C@@H]2C(=O)[O-])[C@H](O)[C@@H](O)[C@H]1O. The van der Waals surface area contributed by atoms with Gasteiger partial charge in [0, 0.05) is 0 Å². The summed E-state index contributed by atoms with van der Waals surface area (Å²) >= 11 is 0. The second-order valence-electron chi connectivity index (χ2n) is 5.56. The maximum absolute atomic E-state index is 11.1. The lowest BCUT2D eigenvalue weighted by molar-refractivity contribution is -0.379.